The minimum Gasteiger partial charge on any atom is -0.496 e. The highest BCUT2D eigenvalue weighted by atomic mass is 35.5. The molecule has 1 amide bonds. The molecule has 4 aromatic rings. The van der Waals surface area contributed by atoms with Gasteiger partial charge >= 0.3 is 0 Å². The molecule has 2 aromatic heterocycles. The number of carbonyl (C=O) groups excluding carboxylic acids is 1. The second-order valence-corrected chi connectivity index (χ2v) is 13.0. The number of amides is 1. The fourth-order valence-corrected chi connectivity index (χ4v) is 7.16. The Morgan fingerprint density at radius 3 is 2.62 bits per heavy atom. The van der Waals surface area contributed by atoms with Crippen molar-refractivity contribution < 1.29 is 23.8 Å². The molecule has 1 fully saturated rings. The van der Waals surface area contributed by atoms with Gasteiger partial charge in [0.05, 0.1) is 47.3 Å². The maximum atomic E-state index is 15.5. The Morgan fingerprint density at radius 2 is 1.90 bits per heavy atom. The fraction of sp³-hybridized carbons (Fsp3) is 0.361. The number of aliphatic hydroxyl groups excluding tert-OH is 1. The molecular weight excluding hydrogens is 656 g/mol. The number of nitrogens with zero attached hydrogens (tertiary/aromatic N) is 3. The van der Waals surface area contributed by atoms with E-state index in [1.165, 1.54) is 13.2 Å². The van der Waals surface area contributed by atoms with Crippen molar-refractivity contribution in [3.63, 3.8) is 0 Å². The summed E-state index contributed by atoms with van der Waals surface area (Å²) >= 11 is 14.1. The van der Waals surface area contributed by atoms with E-state index in [-0.39, 0.29) is 29.9 Å². The number of halogens is 3. The second-order valence-electron chi connectivity index (χ2n) is 12.2. The van der Waals surface area contributed by atoms with Crippen LogP contribution in [0.2, 0.25) is 10.0 Å². The van der Waals surface area contributed by atoms with E-state index in [2.05, 4.69) is 31.6 Å². The quantitative estimate of drug-likeness (QED) is 0.174. The maximum absolute atomic E-state index is 15.5. The molecule has 2 aromatic carbocycles. The van der Waals surface area contributed by atoms with Gasteiger partial charge in [-0.1, -0.05) is 41.4 Å². The van der Waals surface area contributed by atoms with Crippen LogP contribution in [0.4, 0.5) is 4.39 Å². The lowest BCUT2D eigenvalue weighted by Crippen LogP contribution is -2.35. The lowest BCUT2D eigenvalue weighted by molar-refractivity contribution is -0.119. The summed E-state index contributed by atoms with van der Waals surface area (Å²) in [5, 5.41) is 16.8. The molecule has 4 heterocycles. The van der Waals surface area contributed by atoms with Gasteiger partial charge in [-0.15, -0.1) is 0 Å². The van der Waals surface area contributed by atoms with E-state index >= 15 is 4.39 Å². The average molecular weight is 695 g/mol. The number of β-amino-alcohol motifs (C(OH)–C–C–N with tert-alkyl or cyclic N) is 1. The Hall–Kier alpha value is -3.80. The molecule has 252 valence electrons. The zero-order valence-corrected chi connectivity index (χ0v) is 28.6. The molecule has 2 aliphatic rings. The molecule has 2 aliphatic heterocycles. The number of hydrogen-bond donors (Lipinski definition) is 3. The van der Waals surface area contributed by atoms with Crippen molar-refractivity contribution in [3.8, 4) is 45.3 Å². The number of aliphatic hydroxyl groups is 1. The van der Waals surface area contributed by atoms with Crippen LogP contribution in [0.1, 0.15) is 36.5 Å². The molecule has 1 saturated heterocycles. The molecule has 2 atom stereocenters. The predicted octanol–water partition coefficient (Wildman–Crippen LogP) is 6.05. The number of ether oxygens (including phenoxy) is 2. The van der Waals surface area contributed by atoms with Gasteiger partial charge in [-0.3, -0.25) is 14.7 Å². The molecule has 12 heteroatoms. The smallest absolute Gasteiger partial charge is 0.221 e. The van der Waals surface area contributed by atoms with E-state index in [0.717, 1.165) is 41.8 Å². The molecule has 0 unspecified atom stereocenters. The maximum Gasteiger partial charge on any atom is 0.221 e. The van der Waals surface area contributed by atoms with E-state index in [1.54, 1.807) is 32.4 Å². The van der Waals surface area contributed by atoms with E-state index in [0.29, 0.717) is 64.2 Å². The van der Waals surface area contributed by atoms with Crippen LogP contribution in [0, 0.1) is 5.82 Å². The molecule has 48 heavy (non-hydrogen) atoms. The van der Waals surface area contributed by atoms with Gasteiger partial charge in [0.1, 0.15) is 11.6 Å². The number of carbonyl (C=O) groups is 1. The summed E-state index contributed by atoms with van der Waals surface area (Å²) in [5.41, 5.74) is 6.09. The van der Waals surface area contributed by atoms with Crippen LogP contribution in [-0.2, 0) is 24.3 Å². The van der Waals surface area contributed by atoms with Crippen LogP contribution in [0.5, 0.6) is 11.6 Å². The molecule has 0 bridgehead atoms. The molecule has 0 radical (unpaired) electrons. The summed E-state index contributed by atoms with van der Waals surface area (Å²) in [6, 6.07) is 12.7. The predicted molar refractivity (Wildman–Crippen MR) is 185 cm³/mol. The van der Waals surface area contributed by atoms with E-state index in [1.807, 2.05) is 18.2 Å². The number of rotatable bonds is 11. The third kappa shape index (κ3) is 7.13. The van der Waals surface area contributed by atoms with Gasteiger partial charge in [0.25, 0.3) is 0 Å². The molecule has 6 rings (SSSR count). The highest BCUT2D eigenvalue weighted by Gasteiger charge is 2.25. The Bertz CT molecular complexity index is 1820. The minimum absolute atomic E-state index is 0.0162. The van der Waals surface area contributed by atoms with Crippen LogP contribution < -0.4 is 20.1 Å². The van der Waals surface area contributed by atoms with Crippen LogP contribution >= 0.6 is 23.2 Å². The van der Waals surface area contributed by atoms with Crippen molar-refractivity contribution in [2.24, 2.45) is 0 Å². The van der Waals surface area contributed by atoms with Gasteiger partial charge in [0.2, 0.25) is 11.8 Å². The monoisotopic (exact) mass is 693 g/mol. The Labute approximate surface area is 289 Å². The first kappa shape index (κ1) is 34.1. The van der Waals surface area contributed by atoms with Crippen molar-refractivity contribution >= 4 is 29.1 Å². The first-order chi connectivity index (χ1) is 23.2. The molecule has 3 N–H and O–H groups in total. The number of nitrogens with one attached hydrogen (secondary N) is 2. The van der Waals surface area contributed by atoms with Crippen molar-refractivity contribution in [1.29, 1.82) is 0 Å². The average Bonchev–Trinajstić information content (AvgIpc) is 3.49. The Balaban J connectivity index is 1.29. The third-order valence-electron chi connectivity index (χ3n) is 8.85. The first-order valence-electron chi connectivity index (χ1n) is 15.9. The number of benzene rings is 2. The van der Waals surface area contributed by atoms with Crippen LogP contribution in [0.3, 0.4) is 0 Å². The largest absolute Gasteiger partial charge is 0.496 e. The van der Waals surface area contributed by atoms with Gasteiger partial charge in [0, 0.05) is 85.3 Å². The molecular formula is C36H38Cl2FN5O4. The zero-order chi connectivity index (χ0) is 33.9. The zero-order valence-electron chi connectivity index (χ0n) is 27.1. The van der Waals surface area contributed by atoms with Gasteiger partial charge in [-0.2, -0.15) is 0 Å². The fourth-order valence-electron chi connectivity index (χ4n) is 6.51. The lowest BCUT2D eigenvalue weighted by Gasteiger charge is -2.31. The minimum atomic E-state index is -0.485. The van der Waals surface area contributed by atoms with Crippen molar-refractivity contribution in [3.05, 3.63) is 81.2 Å². The third-order valence-corrected chi connectivity index (χ3v) is 9.64. The van der Waals surface area contributed by atoms with Crippen molar-refractivity contribution in [2.45, 2.75) is 51.4 Å². The molecule has 0 saturated carbocycles. The Morgan fingerprint density at radius 1 is 1.10 bits per heavy atom. The second kappa shape index (κ2) is 14.8. The highest BCUT2D eigenvalue weighted by Crippen LogP contribution is 2.43. The van der Waals surface area contributed by atoms with Crippen molar-refractivity contribution in [1.82, 2.24) is 25.5 Å². The number of pyridine rings is 2. The summed E-state index contributed by atoms with van der Waals surface area (Å²) in [5.74, 6) is 0.433. The van der Waals surface area contributed by atoms with Gasteiger partial charge in [0.15, 0.2) is 0 Å². The van der Waals surface area contributed by atoms with Crippen LogP contribution in [0.25, 0.3) is 33.6 Å². The van der Waals surface area contributed by atoms with Crippen LogP contribution in [-0.4, -0.2) is 71.9 Å². The summed E-state index contributed by atoms with van der Waals surface area (Å²) in [7, 11) is 3.10. The lowest BCUT2D eigenvalue weighted by atomic mass is 9.93. The summed E-state index contributed by atoms with van der Waals surface area (Å²) in [6.45, 7) is 4.60. The van der Waals surface area contributed by atoms with Crippen LogP contribution in [0.15, 0.2) is 48.7 Å². The topological polar surface area (TPSA) is 109 Å². The Kier molecular flexibility index (Phi) is 10.5. The molecule has 0 aliphatic carbocycles. The standard InChI is InChI=1S/C36H38Cl2FN5O4/c1-20(45)18-44-12-10-21-13-22(14-31(47-2)28(21)19-44)35-34(38)25(9-11-41-35)24-5-4-6-26(33(24)37)30-15-29(39)27(36(43-30)48-3)17-40-16-23-7-8-32(46)42-23/h4-6,9,11,13-15,20,23,40,45H,7-8,10,12,16-19H2,1-3H3,(H,42,46)/t20-,23+/m1/s1. The number of hydrogen-bond acceptors (Lipinski definition) is 8. The first-order valence-corrected chi connectivity index (χ1v) is 16.7. The van der Waals surface area contributed by atoms with E-state index < -0.39 is 11.9 Å². The van der Waals surface area contributed by atoms with Gasteiger partial charge in [-0.05, 0) is 43.5 Å². The normalized spacial score (nSPS) is 16.8. The SMILES string of the molecule is COc1cc(-c2nccc(-c3cccc(-c4cc(F)c(CNC[C@@H]5CCC(=O)N5)c(OC)n4)c3Cl)c2Cl)cc2c1CN(C[C@@H](C)O)CC2. The van der Waals surface area contributed by atoms with E-state index in [4.69, 9.17) is 32.7 Å². The molecule has 9 nitrogen and oxygen atoms in total. The summed E-state index contributed by atoms with van der Waals surface area (Å²) < 4.78 is 26.8. The molecule has 0 spiro atoms. The summed E-state index contributed by atoms with van der Waals surface area (Å²) in [4.78, 5) is 23.0. The number of methoxy groups -OCH3 is 2. The summed E-state index contributed by atoms with van der Waals surface area (Å²) in [6.07, 6.45) is 3.32. The van der Waals surface area contributed by atoms with Gasteiger partial charge in [-0.25, -0.2) is 9.37 Å². The van der Waals surface area contributed by atoms with Gasteiger partial charge < -0.3 is 25.2 Å². The number of aromatic nitrogens is 2. The number of fused-ring (bicyclic) bond motifs is 1. The highest BCUT2D eigenvalue weighted by molar-refractivity contribution is 6.39. The van der Waals surface area contributed by atoms with E-state index in [9.17, 15) is 9.90 Å². The van der Waals surface area contributed by atoms with Crippen molar-refractivity contribution in [2.75, 3.05) is 33.9 Å².